The van der Waals surface area contributed by atoms with Crippen LogP contribution in [0.5, 0.6) is 11.5 Å². The Morgan fingerprint density at radius 3 is 1.35 bits per heavy atom. The summed E-state index contributed by atoms with van der Waals surface area (Å²) < 4.78 is 6.00. The zero-order chi connectivity index (χ0) is 17.8. The molecule has 0 unspecified atom stereocenters. The van der Waals surface area contributed by atoms with Gasteiger partial charge in [0.2, 0.25) is 12.2 Å². The molecule has 0 aromatic heterocycles. The van der Waals surface area contributed by atoms with Crippen molar-refractivity contribution in [3.63, 3.8) is 0 Å². The average Bonchev–Trinajstić information content (AvgIpc) is 2.50. The van der Waals surface area contributed by atoms with Crippen LogP contribution in [0, 0.1) is 38.5 Å². The second-order valence-electron chi connectivity index (χ2n) is 4.70. The minimum atomic E-state index is 0.750. The number of benzene rings is 2. The Balaban J connectivity index is 0.000000704. The second-order valence-corrected chi connectivity index (χ2v) is 4.70. The summed E-state index contributed by atoms with van der Waals surface area (Å²) in [6, 6.07) is 12.3. The minimum absolute atomic E-state index is 0.750. The lowest BCUT2D eigenvalue weighted by atomic mass is 10.1. The lowest BCUT2D eigenvalue weighted by Crippen LogP contribution is -1.93. The maximum Gasteiger partial charge on any atom is 0.231 e. The van der Waals surface area contributed by atoms with Gasteiger partial charge in [-0.15, -0.1) is 0 Å². The molecule has 2 aromatic rings. The Morgan fingerprint density at radius 2 is 1.04 bits per heavy atom. The van der Waals surface area contributed by atoms with Crippen LogP contribution >= 0.6 is 0 Å². The zero-order valence-corrected chi connectivity index (χ0v) is 13.7. The van der Waals surface area contributed by atoms with E-state index < -0.39 is 0 Å². The molecule has 0 aliphatic carbocycles. The molecule has 5 nitrogen and oxygen atoms in total. The molecular weight excluding hydrogens is 292 g/mol. The van der Waals surface area contributed by atoms with E-state index >= 15 is 0 Å². The van der Waals surface area contributed by atoms with Gasteiger partial charge in [0.25, 0.3) is 0 Å². The first-order chi connectivity index (χ1) is 10.9. The van der Waals surface area contributed by atoms with Crippen LogP contribution in [0.4, 0.5) is 0 Å². The Labute approximate surface area is 135 Å². The standard InChI is InChI=1S/C16H18O.2CHNO/c1-11-7-5-9-15(13(11)3)17-16-10-6-8-12(2)14(16)4;2*2-1-3/h5-10H,1-4H3;2*2H. The predicted molar refractivity (Wildman–Crippen MR) is 88.7 cm³/mol. The molecule has 5 heteroatoms. The summed E-state index contributed by atoms with van der Waals surface area (Å²) in [6.07, 6.45) is 1.50. The fourth-order valence-corrected chi connectivity index (χ4v) is 1.79. The van der Waals surface area contributed by atoms with E-state index in [1.165, 1.54) is 22.3 Å². The first-order valence-corrected chi connectivity index (χ1v) is 6.80. The van der Waals surface area contributed by atoms with Crippen LogP contribution in [0.15, 0.2) is 36.4 Å². The third-order valence-electron chi connectivity index (χ3n) is 3.33. The van der Waals surface area contributed by atoms with Gasteiger partial charge in [0.15, 0.2) is 0 Å². The van der Waals surface area contributed by atoms with Crippen molar-refractivity contribution in [1.82, 2.24) is 0 Å². The minimum Gasteiger partial charge on any atom is -0.457 e. The summed E-state index contributed by atoms with van der Waals surface area (Å²) in [6.45, 7) is 8.39. The van der Waals surface area contributed by atoms with Crippen molar-refractivity contribution >= 4 is 12.2 Å². The SMILES string of the molecule is Cc1cccc(Oc2cccc(C)c2C)c1C.N=C=O.N=C=O. The fourth-order valence-electron chi connectivity index (χ4n) is 1.79. The molecule has 0 saturated carbocycles. The van der Waals surface area contributed by atoms with Crippen molar-refractivity contribution in [3.8, 4) is 11.5 Å². The van der Waals surface area contributed by atoms with Gasteiger partial charge in [-0.1, -0.05) is 24.3 Å². The molecule has 2 rings (SSSR count). The molecule has 2 aromatic carbocycles. The highest BCUT2D eigenvalue weighted by atomic mass is 16.5. The third kappa shape index (κ3) is 6.53. The van der Waals surface area contributed by atoms with E-state index in [2.05, 4.69) is 39.8 Å². The van der Waals surface area contributed by atoms with Crippen molar-refractivity contribution in [2.24, 2.45) is 0 Å². The Hall–Kier alpha value is -3.00. The van der Waals surface area contributed by atoms with Crippen molar-refractivity contribution in [2.75, 3.05) is 0 Å². The zero-order valence-electron chi connectivity index (χ0n) is 13.7. The highest BCUT2D eigenvalue weighted by Crippen LogP contribution is 2.30. The van der Waals surface area contributed by atoms with Crippen LogP contribution in [-0.4, -0.2) is 12.2 Å². The summed E-state index contributed by atoms with van der Waals surface area (Å²) in [4.78, 5) is 16.7. The van der Waals surface area contributed by atoms with Crippen molar-refractivity contribution in [1.29, 1.82) is 10.8 Å². The summed E-state index contributed by atoms with van der Waals surface area (Å²) in [5, 5.41) is 10.8. The van der Waals surface area contributed by atoms with Crippen LogP contribution in [0.3, 0.4) is 0 Å². The van der Waals surface area contributed by atoms with E-state index in [4.69, 9.17) is 25.1 Å². The van der Waals surface area contributed by atoms with Crippen molar-refractivity contribution in [3.05, 3.63) is 58.7 Å². The molecule has 0 heterocycles. The Morgan fingerprint density at radius 1 is 0.739 bits per heavy atom. The van der Waals surface area contributed by atoms with Crippen LogP contribution in [0.25, 0.3) is 0 Å². The molecule has 0 spiro atoms. The molecular formula is C18H20N2O3. The highest BCUT2D eigenvalue weighted by Gasteiger charge is 2.06. The molecule has 23 heavy (non-hydrogen) atoms. The largest absolute Gasteiger partial charge is 0.457 e. The van der Waals surface area contributed by atoms with Crippen LogP contribution in [0.2, 0.25) is 0 Å². The number of rotatable bonds is 2. The topological polar surface area (TPSA) is 91.1 Å². The number of aryl methyl sites for hydroxylation is 2. The lowest BCUT2D eigenvalue weighted by molar-refractivity contribution is 0.474. The van der Waals surface area contributed by atoms with E-state index in [-0.39, 0.29) is 0 Å². The number of ether oxygens (including phenoxy) is 1. The van der Waals surface area contributed by atoms with Crippen molar-refractivity contribution in [2.45, 2.75) is 27.7 Å². The molecule has 0 fully saturated rings. The molecule has 120 valence electrons. The molecule has 2 N–H and O–H groups in total. The van der Waals surface area contributed by atoms with E-state index in [0.29, 0.717) is 0 Å². The van der Waals surface area contributed by atoms with E-state index in [1.54, 1.807) is 0 Å². The molecule has 0 aliphatic rings. The molecule has 0 aliphatic heterocycles. The van der Waals surface area contributed by atoms with Crippen LogP contribution in [0.1, 0.15) is 22.3 Å². The summed E-state index contributed by atoms with van der Waals surface area (Å²) >= 11 is 0. The first kappa shape index (κ1) is 20.0. The van der Waals surface area contributed by atoms with Crippen LogP contribution in [-0.2, 0) is 9.59 Å². The smallest absolute Gasteiger partial charge is 0.231 e. The number of nitrogens with one attached hydrogen (secondary N) is 2. The normalized spacial score (nSPS) is 8.35. The summed E-state index contributed by atoms with van der Waals surface area (Å²) in [5.74, 6) is 1.89. The number of carbonyl (C=O) groups excluding carboxylic acids is 2. The summed E-state index contributed by atoms with van der Waals surface area (Å²) in [5.41, 5.74) is 4.92. The molecule has 0 radical (unpaired) electrons. The predicted octanol–water partition coefficient (Wildman–Crippen LogP) is 4.51. The van der Waals surface area contributed by atoms with Gasteiger partial charge in [-0.25, -0.2) is 20.4 Å². The second kappa shape index (κ2) is 10.7. The van der Waals surface area contributed by atoms with Gasteiger partial charge in [-0.3, -0.25) is 0 Å². The van der Waals surface area contributed by atoms with Gasteiger partial charge in [-0.2, -0.15) is 0 Å². The number of isocyanates is 2. The Bertz CT molecular complexity index is 651. The van der Waals surface area contributed by atoms with E-state index in [1.807, 2.05) is 24.3 Å². The van der Waals surface area contributed by atoms with Gasteiger partial charge < -0.3 is 4.74 Å². The van der Waals surface area contributed by atoms with Gasteiger partial charge in [0.05, 0.1) is 0 Å². The number of hydrogen-bond acceptors (Lipinski definition) is 5. The van der Waals surface area contributed by atoms with Gasteiger partial charge in [0.1, 0.15) is 11.5 Å². The van der Waals surface area contributed by atoms with Gasteiger partial charge in [0, 0.05) is 0 Å². The maximum atomic E-state index is 8.35. The molecule has 0 atom stereocenters. The third-order valence-corrected chi connectivity index (χ3v) is 3.33. The average molecular weight is 312 g/mol. The van der Waals surface area contributed by atoms with Crippen LogP contribution < -0.4 is 4.74 Å². The van der Waals surface area contributed by atoms with E-state index in [9.17, 15) is 0 Å². The molecule has 0 saturated heterocycles. The molecule has 0 bridgehead atoms. The van der Waals surface area contributed by atoms with E-state index in [0.717, 1.165) is 23.7 Å². The maximum absolute atomic E-state index is 8.35. The quantitative estimate of drug-likeness (QED) is 0.631. The summed E-state index contributed by atoms with van der Waals surface area (Å²) in [7, 11) is 0. The van der Waals surface area contributed by atoms with Gasteiger partial charge in [-0.05, 0) is 62.1 Å². The lowest BCUT2D eigenvalue weighted by Gasteiger charge is -2.13. The van der Waals surface area contributed by atoms with Gasteiger partial charge >= 0.3 is 0 Å². The monoisotopic (exact) mass is 312 g/mol. The molecule has 0 amide bonds. The number of hydrogen-bond donors (Lipinski definition) is 2. The fraction of sp³-hybridized carbons (Fsp3) is 0.222. The Kier molecular flexibility index (Phi) is 9.29. The highest BCUT2D eigenvalue weighted by molar-refractivity contribution is 5.45. The first-order valence-electron chi connectivity index (χ1n) is 6.80. The van der Waals surface area contributed by atoms with Crippen molar-refractivity contribution < 1.29 is 14.3 Å².